The molecule has 2 fully saturated rings. The molecule has 0 unspecified atom stereocenters. The Morgan fingerprint density at radius 1 is 1.19 bits per heavy atom. The van der Waals surface area contributed by atoms with Gasteiger partial charge in [-0.3, -0.25) is 19.6 Å². The van der Waals surface area contributed by atoms with Crippen LogP contribution in [0, 0.1) is 13.8 Å². The Hall–Kier alpha value is -2.68. The molecule has 9 heteroatoms. The van der Waals surface area contributed by atoms with Gasteiger partial charge in [-0.25, -0.2) is 0 Å². The van der Waals surface area contributed by atoms with Crippen molar-refractivity contribution in [1.29, 1.82) is 0 Å². The Kier molecular flexibility index (Phi) is 6.13. The number of aliphatic hydroxyl groups excluding tert-OH is 1. The van der Waals surface area contributed by atoms with E-state index in [9.17, 15) is 14.7 Å². The minimum atomic E-state index is -0.702. The highest BCUT2D eigenvalue weighted by Gasteiger charge is 2.46. The molecule has 8 nitrogen and oxygen atoms in total. The van der Waals surface area contributed by atoms with E-state index in [-0.39, 0.29) is 11.3 Å². The van der Waals surface area contributed by atoms with Crippen LogP contribution in [0.4, 0.5) is 0 Å². The molecule has 2 aliphatic rings. The van der Waals surface area contributed by atoms with E-state index in [1.807, 2.05) is 0 Å². The highest BCUT2D eigenvalue weighted by molar-refractivity contribution is 6.46. The Bertz CT molecular complexity index is 1010. The molecule has 2 saturated heterocycles. The van der Waals surface area contributed by atoms with Gasteiger partial charge in [-0.15, -0.1) is 0 Å². The van der Waals surface area contributed by atoms with Crippen molar-refractivity contribution in [3.63, 3.8) is 0 Å². The van der Waals surface area contributed by atoms with E-state index in [4.69, 9.17) is 16.3 Å². The lowest BCUT2D eigenvalue weighted by atomic mass is 9.95. The van der Waals surface area contributed by atoms with Crippen LogP contribution in [0.3, 0.4) is 0 Å². The maximum absolute atomic E-state index is 13.1. The molecule has 2 aliphatic heterocycles. The van der Waals surface area contributed by atoms with Crippen molar-refractivity contribution in [3.8, 4) is 0 Å². The van der Waals surface area contributed by atoms with Crippen molar-refractivity contribution >= 4 is 29.1 Å². The predicted octanol–water partition coefficient (Wildman–Crippen LogP) is 2.43. The number of rotatable bonds is 5. The van der Waals surface area contributed by atoms with Crippen LogP contribution in [0.25, 0.3) is 5.76 Å². The highest BCUT2D eigenvalue weighted by Crippen LogP contribution is 2.40. The minimum Gasteiger partial charge on any atom is -0.507 e. The highest BCUT2D eigenvalue weighted by atomic mass is 35.5. The number of amides is 1. The summed E-state index contributed by atoms with van der Waals surface area (Å²) < 4.78 is 5.39. The number of nitrogens with one attached hydrogen (secondary N) is 1. The zero-order chi connectivity index (χ0) is 22.1. The van der Waals surface area contributed by atoms with Gasteiger partial charge in [0.2, 0.25) is 0 Å². The number of carbonyl (C=O) groups excluding carboxylic acids is 2. The molecule has 0 radical (unpaired) electrons. The van der Waals surface area contributed by atoms with E-state index in [1.54, 1.807) is 38.1 Å². The maximum atomic E-state index is 13.1. The summed E-state index contributed by atoms with van der Waals surface area (Å²) in [5.41, 5.74) is 2.42. The van der Waals surface area contributed by atoms with E-state index >= 15 is 0 Å². The molecule has 0 bridgehead atoms. The number of H-pyrrole nitrogens is 1. The number of aromatic nitrogens is 2. The standard InChI is InChI=1S/C22H25ClN4O4/c1-13-17(14(2)25-24-13)20(28)18-19(15-3-5-16(23)6-4-15)27(22(30)21(18)29)8-7-26-9-11-31-12-10-26/h3-6,19,28H,7-12H2,1-2H3,(H,24,25)/t19-/m0/s1. The molecule has 2 N–H and O–H groups in total. The molecule has 4 rings (SSSR count). The van der Waals surface area contributed by atoms with E-state index in [2.05, 4.69) is 15.1 Å². The van der Waals surface area contributed by atoms with Gasteiger partial charge in [0.1, 0.15) is 5.76 Å². The number of halogens is 1. The quantitative estimate of drug-likeness (QED) is 0.417. The monoisotopic (exact) mass is 444 g/mol. The molecule has 2 aromatic rings. The second-order valence-corrected chi connectivity index (χ2v) is 8.24. The molecule has 1 aromatic carbocycles. The molecule has 164 valence electrons. The Morgan fingerprint density at radius 2 is 1.87 bits per heavy atom. The summed E-state index contributed by atoms with van der Waals surface area (Å²) in [4.78, 5) is 29.8. The van der Waals surface area contributed by atoms with Crippen LogP contribution in [-0.2, 0) is 14.3 Å². The fourth-order valence-corrected chi connectivity index (χ4v) is 4.34. The number of benzene rings is 1. The first-order chi connectivity index (χ1) is 14.9. The number of aliphatic hydroxyl groups is 1. The predicted molar refractivity (Wildman–Crippen MR) is 116 cm³/mol. The smallest absolute Gasteiger partial charge is 0.295 e. The van der Waals surface area contributed by atoms with Crippen LogP contribution in [0.1, 0.15) is 28.6 Å². The van der Waals surface area contributed by atoms with Crippen molar-refractivity contribution in [2.24, 2.45) is 0 Å². The number of ketones is 1. The van der Waals surface area contributed by atoms with Gasteiger partial charge in [-0.1, -0.05) is 23.7 Å². The lowest BCUT2D eigenvalue weighted by Crippen LogP contribution is -2.42. The van der Waals surface area contributed by atoms with Gasteiger partial charge in [-0.05, 0) is 31.5 Å². The number of morpholine rings is 1. The molecule has 1 amide bonds. The Morgan fingerprint density at radius 3 is 2.48 bits per heavy atom. The van der Waals surface area contributed by atoms with Gasteiger partial charge in [0, 0.05) is 36.9 Å². The largest absolute Gasteiger partial charge is 0.507 e. The van der Waals surface area contributed by atoms with Crippen molar-refractivity contribution in [2.45, 2.75) is 19.9 Å². The average molecular weight is 445 g/mol. The lowest BCUT2D eigenvalue weighted by Gasteiger charge is -2.31. The first-order valence-electron chi connectivity index (χ1n) is 10.2. The molecule has 0 aliphatic carbocycles. The van der Waals surface area contributed by atoms with Gasteiger partial charge in [-0.2, -0.15) is 5.10 Å². The molecule has 1 aromatic heterocycles. The topological polar surface area (TPSA) is 98.8 Å². The first kappa shape index (κ1) is 21.5. The third-order valence-corrected chi connectivity index (χ3v) is 6.10. The fraction of sp³-hybridized carbons (Fsp3) is 0.409. The molecule has 31 heavy (non-hydrogen) atoms. The van der Waals surface area contributed by atoms with Crippen LogP contribution < -0.4 is 0 Å². The van der Waals surface area contributed by atoms with Gasteiger partial charge in [0.25, 0.3) is 11.7 Å². The number of ether oxygens (including phenoxy) is 1. The molecular weight excluding hydrogens is 420 g/mol. The summed E-state index contributed by atoms with van der Waals surface area (Å²) in [6.07, 6.45) is 0. The number of nitrogens with zero attached hydrogens (tertiary/aromatic N) is 3. The SMILES string of the molecule is Cc1n[nH]c(C)c1C(O)=C1C(=O)C(=O)N(CCN2CCOCC2)[C@H]1c1ccc(Cl)cc1. The van der Waals surface area contributed by atoms with E-state index in [0.29, 0.717) is 53.8 Å². The summed E-state index contributed by atoms with van der Waals surface area (Å²) in [6, 6.07) is 6.29. The summed E-state index contributed by atoms with van der Waals surface area (Å²) in [7, 11) is 0. The van der Waals surface area contributed by atoms with Crippen molar-refractivity contribution < 1.29 is 19.4 Å². The van der Waals surface area contributed by atoms with Crippen molar-refractivity contribution in [1.82, 2.24) is 20.0 Å². The first-order valence-corrected chi connectivity index (χ1v) is 10.6. The number of hydrogen-bond donors (Lipinski definition) is 2. The van der Waals surface area contributed by atoms with Crippen molar-refractivity contribution in [3.05, 3.63) is 57.4 Å². The van der Waals surface area contributed by atoms with E-state index in [1.165, 1.54) is 4.90 Å². The zero-order valence-corrected chi connectivity index (χ0v) is 18.3. The zero-order valence-electron chi connectivity index (χ0n) is 17.5. The molecule has 1 atom stereocenters. The molecule has 0 spiro atoms. The average Bonchev–Trinajstić information content (AvgIpc) is 3.23. The fourth-order valence-electron chi connectivity index (χ4n) is 4.21. The van der Waals surface area contributed by atoms with Gasteiger partial charge in [0.05, 0.1) is 36.1 Å². The van der Waals surface area contributed by atoms with Crippen LogP contribution in [0.5, 0.6) is 0 Å². The summed E-state index contributed by atoms with van der Waals surface area (Å²) in [5.74, 6) is -1.52. The van der Waals surface area contributed by atoms with E-state index < -0.39 is 17.7 Å². The Labute approximate surface area is 185 Å². The summed E-state index contributed by atoms with van der Waals surface area (Å²) in [5, 5.41) is 18.6. The second kappa shape index (κ2) is 8.82. The van der Waals surface area contributed by atoms with Crippen LogP contribution in [-0.4, -0.2) is 76.2 Å². The Balaban J connectivity index is 1.75. The minimum absolute atomic E-state index is 0.0712. The van der Waals surface area contributed by atoms with E-state index in [0.717, 1.165) is 13.1 Å². The summed E-state index contributed by atoms with van der Waals surface area (Å²) >= 11 is 6.06. The molecular formula is C22H25ClN4O4. The van der Waals surface area contributed by atoms with Gasteiger partial charge in [0.15, 0.2) is 0 Å². The second-order valence-electron chi connectivity index (χ2n) is 7.81. The molecule has 3 heterocycles. The number of carbonyl (C=O) groups is 2. The van der Waals surface area contributed by atoms with Crippen LogP contribution >= 0.6 is 11.6 Å². The lowest BCUT2D eigenvalue weighted by molar-refractivity contribution is -0.140. The maximum Gasteiger partial charge on any atom is 0.295 e. The number of Topliss-reactive ketones (excluding diaryl/α,β-unsaturated/α-hetero) is 1. The third kappa shape index (κ3) is 4.11. The summed E-state index contributed by atoms with van der Waals surface area (Å²) in [6.45, 7) is 7.34. The van der Waals surface area contributed by atoms with Gasteiger partial charge >= 0.3 is 0 Å². The number of aromatic amines is 1. The van der Waals surface area contributed by atoms with Crippen LogP contribution in [0.2, 0.25) is 5.02 Å². The normalized spacial score (nSPS) is 21.8. The molecule has 0 saturated carbocycles. The number of hydrogen-bond acceptors (Lipinski definition) is 6. The third-order valence-electron chi connectivity index (χ3n) is 5.85. The van der Waals surface area contributed by atoms with Crippen molar-refractivity contribution in [2.75, 3.05) is 39.4 Å². The number of likely N-dealkylation sites (tertiary alicyclic amines) is 1. The van der Waals surface area contributed by atoms with Gasteiger partial charge < -0.3 is 14.7 Å². The van der Waals surface area contributed by atoms with Crippen LogP contribution in [0.15, 0.2) is 29.8 Å². The number of aryl methyl sites for hydroxylation is 2.